The molecule has 5 nitrogen and oxygen atoms in total. The molecule has 1 N–H and O–H groups in total. The number of methoxy groups -OCH3 is 2. The molecule has 0 bridgehead atoms. The van der Waals surface area contributed by atoms with Crippen LogP contribution in [0.4, 0.5) is 0 Å². The summed E-state index contributed by atoms with van der Waals surface area (Å²) in [6, 6.07) is 10.7. The Morgan fingerprint density at radius 1 is 1.08 bits per heavy atom. The van der Waals surface area contributed by atoms with Crippen molar-refractivity contribution in [2.75, 3.05) is 20.8 Å². The highest BCUT2D eigenvalue weighted by molar-refractivity contribution is 9.10. The summed E-state index contributed by atoms with van der Waals surface area (Å²) in [5, 5.41) is 2.99. The minimum absolute atomic E-state index is 0.160. The molecule has 2 aromatic rings. The Morgan fingerprint density at radius 2 is 1.76 bits per heavy atom. The van der Waals surface area contributed by atoms with Crippen molar-refractivity contribution in [2.24, 2.45) is 0 Å². The summed E-state index contributed by atoms with van der Waals surface area (Å²) in [4.78, 5) is 12.5. The number of hydrogen-bond acceptors (Lipinski definition) is 4. The highest BCUT2D eigenvalue weighted by atomic mass is 79.9. The van der Waals surface area contributed by atoms with Crippen molar-refractivity contribution < 1.29 is 19.0 Å². The van der Waals surface area contributed by atoms with Crippen molar-refractivity contribution in [1.29, 1.82) is 0 Å². The van der Waals surface area contributed by atoms with E-state index in [-0.39, 0.29) is 11.9 Å². The van der Waals surface area contributed by atoms with Crippen LogP contribution < -0.4 is 19.5 Å². The summed E-state index contributed by atoms with van der Waals surface area (Å²) in [7, 11) is 3.19. The molecule has 0 aliphatic heterocycles. The maximum atomic E-state index is 12.5. The standard InChI is InChI=1S/C19H22BrNO4/c1-5-25-18-11-14(7-9-17(18)24-4)19(22)21-12(2)13-6-8-16(23-3)15(20)10-13/h6-12H,5H2,1-4H3,(H,21,22). The Bertz CT molecular complexity index is 748. The number of carbonyl (C=O) groups is 1. The molecule has 1 unspecified atom stereocenters. The Labute approximate surface area is 156 Å². The van der Waals surface area contributed by atoms with Gasteiger partial charge in [0.25, 0.3) is 5.91 Å². The minimum Gasteiger partial charge on any atom is -0.496 e. The lowest BCUT2D eigenvalue weighted by Gasteiger charge is -2.16. The molecule has 0 radical (unpaired) electrons. The molecular weight excluding hydrogens is 386 g/mol. The zero-order chi connectivity index (χ0) is 18.4. The second kappa shape index (κ2) is 8.76. The van der Waals surface area contributed by atoms with Crippen molar-refractivity contribution in [2.45, 2.75) is 19.9 Å². The normalized spacial score (nSPS) is 11.6. The smallest absolute Gasteiger partial charge is 0.251 e. The van der Waals surface area contributed by atoms with E-state index < -0.39 is 0 Å². The van der Waals surface area contributed by atoms with E-state index in [9.17, 15) is 4.79 Å². The summed E-state index contributed by atoms with van der Waals surface area (Å²) in [5.74, 6) is 1.73. The molecule has 1 atom stereocenters. The van der Waals surface area contributed by atoms with Crippen molar-refractivity contribution in [1.82, 2.24) is 5.32 Å². The first kappa shape index (κ1) is 19.1. The first-order chi connectivity index (χ1) is 12.0. The van der Waals surface area contributed by atoms with Crippen molar-refractivity contribution in [3.63, 3.8) is 0 Å². The topological polar surface area (TPSA) is 56.8 Å². The summed E-state index contributed by atoms with van der Waals surface area (Å²) < 4.78 is 16.8. The molecule has 0 saturated heterocycles. The van der Waals surface area contributed by atoms with Gasteiger partial charge in [-0.3, -0.25) is 4.79 Å². The molecule has 0 fully saturated rings. The van der Waals surface area contributed by atoms with Crippen LogP contribution in [0.5, 0.6) is 17.2 Å². The zero-order valence-electron chi connectivity index (χ0n) is 14.8. The first-order valence-electron chi connectivity index (χ1n) is 7.95. The van der Waals surface area contributed by atoms with Crippen molar-refractivity contribution in [3.8, 4) is 17.2 Å². The van der Waals surface area contributed by atoms with Crippen LogP contribution in [0.2, 0.25) is 0 Å². The predicted octanol–water partition coefficient (Wildman–Crippen LogP) is 4.36. The van der Waals surface area contributed by atoms with Crippen LogP contribution in [0.3, 0.4) is 0 Å². The van der Waals surface area contributed by atoms with E-state index in [0.29, 0.717) is 23.7 Å². The highest BCUT2D eigenvalue weighted by Gasteiger charge is 2.15. The van der Waals surface area contributed by atoms with E-state index in [1.807, 2.05) is 32.0 Å². The van der Waals surface area contributed by atoms with Gasteiger partial charge in [0.1, 0.15) is 5.75 Å². The van der Waals surface area contributed by atoms with Crippen LogP contribution in [0.25, 0.3) is 0 Å². The highest BCUT2D eigenvalue weighted by Crippen LogP contribution is 2.30. The molecule has 2 rings (SSSR count). The quantitative estimate of drug-likeness (QED) is 0.740. The molecule has 0 heterocycles. The molecule has 0 spiro atoms. The Balaban J connectivity index is 2.15. The van der Waals surface area contributed by atoms with E-state index in [2.05, 4.69) is 21.2 Å². The molecule has 25 heavy (non-hydrogen) atoms. The number of hydrogen-bond donors (Lipinski definition) is 1. The van der Waals surface area contributed by atoms with Crippen LogP contribution in [0.1, 0.15) is 35.8 Å². The number of rotatable bonds is 7. The summed E-state index contributed by atoms with van der Waals surface area (Å²) in [6.07, 6.45) is 0. The van der Waals surface area contributed by atoms with E-state index in [1.165, 1.54) is 0 Å². The first-order valence-corrected chi connectivity index (χ1v) is 8.74. The summed E-state index contributed by atoms with van der Waals surface area (Å²) >= 11 is 3.46. The third-order valence-electron chi connectivity index (χ3n) is 3.75. The van der Waals surface area contributed by atoms with Gasteiger partial charge in [-0.2, -0.15) is 0 Å². The van der Waals surface area contributed by atoms with Crippen LogP contribution >= 0.6 is 15.9 Å². The molecule has 0 aliphatic carbocycles. The zero-order valence-corrected chi connectivity index (χ0v) is 16.3. The fourth-order valence-corrected chi connectivity index (χ4v) is 2.96. The van der Waals surface area contributed by atoms with Crippen molar-refractivity contribution in [3.05, 3.63) is 52.0 Å². The van der Waals surface area contributed by atoms with Gasteiger partial charge in [-0.15, -0.1) is 0 Å². The van der Waals surface area contributed by atoms with E-state index >= 15 is 0 Å². The van der Waals surface area contributed by atoms with Crippen LogP contribution in [-0.2, 0) is 0 Å². The van der Waals surface area contributed by atoms with Crippen LogP contribution in [0, 0.1) is 0 Å². The van der Waals surface area contributed by atoms with E-state index in [0.717, 1.165) is 15.8 Å². The fraction of sp³-hybridized carbons (Fsp3) is 0.316. The molecule has 1 amide bonds. The summed E-state index contributed by atoms with van der Waals surface area (Å²) in [5.41, 5.74) is 1.49. The Morgan fingerprint density at radius 3 is 2.36 bits per heavy atom. The number of halogens is 1. The molecule has 0 saturated carbocycles. The minimum atomic E-state index is -0.178. The van der Waals surface area contributed by atoms with E-state index in [1.54, 1.807) is 32.4 Å². The van der Waals surface area contributed by atoms with Gasteiger partial charge >= 0.3 is 0 Å². The lowest BCUT2D eigenvalue weighted by Crippen LogP contribution is -2.26. The van der Waals surface area contributed by atoms with Gasteiger partial charge in [0.2, 0.25) is 0 Å². The average molecular weight is 408 g/mol. The lowest BCUT2D eigenvalue weighted by atomic mass is 10.1. The van der Waals surface area contributed by atoms with Crippen LogP contribution in [-0.4, -0.2) is 26.7 Å². The Kier molecular flexibility index (Phi) is 6.70. The molecule has 2 aromatic carbocycles. The molecule has 0 aliphatic rings. The molecule has 6 heteroatoms. The third-order valence-corrected chi connectivity index (χ3v) is 4.37. The fourth-order valence-electron chi connectivity index (χ4n) is 2.40. The lowest BCUT2D eigenvalue weighted by molar-refractivity contribution is 0.0939. The molecule has 0 aromatic heterocycles. The number of carbonyl (C=O) groups excluding carboxylic acids is 1. The van der Waals surface area contributed by atoms with Gasteiger partial charge in [0.05, 0.1) is 31.3 Å². The van der Waals surface area contributed by atoms with Gasteiger partial charge in [0, 0.05) is 5.56 Å². The number of ether oxygens (including phenoxy) is 3. The van der Waals surface area contributed by atoms with E-state index in [4.69, 9.17) is 14.2 Å². The largest absolute Gasteiger partial charge is 0.496 e. The Hall–Kier alpha value is -2.21. The number of amides is 1. The van der Waals surface area contributed by atoms with Gasteiger partial charge in [-0.05, 0) is 65.7 Å². The van der Waals surface area contributed by atoms with Gasteiger partial charge in [-0.25, -0.2) is 0 Å². The summed E-state index contributed by atoms with van der Waals surface area (Å²) in [6.45, 7) is 4.31. The van der Waals surface area contributed by atoms with Gasteiger partial charge < -0.3 is 19.5 Å². The number of nitrogens with one attached hydrogen (secondary N) is 1. The predicted molar refractivity (Wildman–Crippen MR) is 101 cm³/mol. The number of benzene rings is 2. The second-order valence-corrected chi connectivity index (χ2v) is 6.24. The second-order valence-electron chi connectivity index (χ2n) is 5.39. The monoisotopic (exact) mass is 407 g/mol. The average Bonchev–Trinajstić information content (AvgIpc) is 2.61. The van der Waals surface area contributed by atoms with Crippen LogP contribution in [0.15, 0.2) is 40.9 Å². The van der Waals surface area contributed by atoms with Gasteiger partial charge in [-0.1, -0.05) is 6.07 Å². The molecular formula is C19H22BrNO4. The maximum absolute atomic E-state index is 12.5. The SMILES string of the molecule is CCOc1cc(C(=O)NC(C)c2ccc(OC)c(Br)c2)ccc1OC. The molecule has 134 valence electrons. The maximum Gasteiger partial charge on any atom is 0.251 e. The van der Waals surface area contributed by atoms with Gasteiger partial charge in [0.15, 0.2) is 11.5 Å². The third kappa shape index (κ3) is 4.66. The van der Waals surface area contributed by atoms with Crippen molar-refractivity contribution >= 4 is 21.8 Å².